The van der Waals surface area contributed by atoms with E-state index in [1.807, 2.05) is 0 Å². The first kappa shape index (κ1) is 26.4. The van der Waals surface area contributed by atoms with Crippen LogP contribution in [0.1, 0.15) is 110 Å². The largest absolute Gasteiger partial charge is 0.481 e. The van der Waals surface area contributed by atoms with E-state index in [4.69, 9.17) is 5.11 Å². The molecule has 0 bridgehead atoms. The average molecular weight is 394 g/mol. The van der Waals surface area contributed by atoms with Crippen LogP contribution < -0.4 is 5.32 Å². The average Bonchev–Trinajstić information content (AvgIpc) is 2.67. The molecule has 0 aromatic heterocycles. The number of aliphatic carboxylic acids is 1. The Kier molecular flexibility index (Phi) is 20.5. The van der Waals surface area contributed by atoms with Crippen molar-refractivity contribution in [1.29, 1.82) is 0 Å². The summed E-state index contributed by atoms with van der Waals surface area (Å²) in [7, 11) is 0. The van der Waals surface area contributed by atoms with Gasteiger partial charge in [0.15, 0.2) is 0 Å². The van der Waals surface area contributed by atoms with E-state index in [-0.39, 0.29) is 12.3 Å². The second-order valence-corrected chi connectivity index (χ2v) is 7.54. The summed E-state index contributed by atoms with van der Waals surface area (Å²) in [4.78, 5) is 22.0. The highest BCUT2D eigenvalue weighted by Crippen LogP contribution is 2.10. The number of carbonyl (C=O) groups excluding carboxylic acids is 1. The molecule has 2 N–H and O–H groups in total. The number of amides is 1. The van der Waals surface area contributed by atoms with Crippen LogP contribution in [0.3, 0.4) is 0 Å². The number of carboxylic acids is 1. The maximum absolute atomic E-state index is 11.6. The zero-order valence-corrected chi connectivity index (χ0v) is 18.1. The Hall–Kier alpha value is -1.58. The van der Waals surface area contributed by atoms with E-state index in [1.165, 1.54) is 64.2 Å². The van der Waals surface area contributed by atoms with Crippen molar-refractivity contribution in [3.63, 3.8) is 0 Å². The standard InChI is InChI=1S/C24H43NO3/c1-2-3-4-5-6-7-8-9-10-11-12-13-14-15-16-17-18-20-23(26)25-22-19-21-24(27)28/h6-7,9-10H,2-5,8,11-22H2,1H3,(H,25,26)(H,27,28)/b7-6-,10-9-. The van der Waals surface area contributed by atoms with Crippen molar-refractivity contribution in [2.24, 2.45) is 0 Å². The summed E-state index contributed by atoms with van der Waals surface area (Å²) in [6.45, 7) is 2.71. The topological polar surface area (TPSA) is 66.4 Å². The van der Waals surface area contributed by atoms with Crippen LogP contribution >= 0.6 is 0 Å². The number of nitrogens with one attached hydrogen (secondary N) is 1. The molecule has 0 aliphatic heterocycles. The van der Waals surface area contributed by atoms with Crippen molar-refractivity contribution in [3.05, 3.63) is 24.3 Å². The summed E-state index contributed by atoms with van der Waals surface area (Å²) >= 11 is 0. The molecule has 28 heavy (non-hydrogen) atoms. The zero-order chi connectivity index (χ0) is 20.7. The van der Waals surface area contributed by atoms with Gasteiger partial charge in [0, 0.05) is 19.4 Å². The van der Waals surface area contributed by atoms with Gasteiger partial charge in [-0.1, -0.05) is 76.2 Å². The molecule has 0 aliphatic carbocycles. The Morgan fingerprint density at radius 1 is 0.714 bits per heavy atom. The molecular formula is C24H43NO3. The van der Waals surface area contributed by atoms with E-state index in [0.717, 1.165) is 19.3 Å². The number of rotatable bonds is 20. The highest BCUT2D eigenvalue weighted by molar-refractivity contribution is 5.75. The van der Waals surface area contributed by atoms with Gasteiger partial charge in [-0.3, -0.25) is 9.59 Å². The molecule has 0 atom stereocenters. The predicted octanol–water partition coefficient (Wildman–Crippen LogP) is 6.56. The van der Waals surface area contributed by atoms with Crippen LogP contribution in [0.25, 0.3) is 0 Å². The summed E-state index contributed by atoms with van der Waals surface area (Å²) in [5.74, 6) is -0.761. The lowest BCUT2D eigenvalue weighted by molar-refractivity contribution is -0.137. The maximum Gasteiger partial charge on any atom is 0.303 e. The fraction of sp³-hybridized carbons (Fsp3) is 0.750. The lowest BCUT2D eigenvalue weighted by Crippen LogP contribution is -2.24. The van der Waals surface area contributed by atoms with Crippen LogP contribution in [0.5, 0.6) is 0 Å². The van der Waals surface area contributed by atoms with Crippen molar-refractivity contribution >= 4 is 11.9 Å². The quantitative estimate of drug-likeness (QED) is 0.182. The molecule has 0 aromatic rings. The minimum Gasteiger partial charge on any atom is -0.481 e. The van der Waals surface area contributed by atoms with Gasteiger partial charge in [-0.25, -0.2) is 0 Å². The molecule has 162 valence electrons. The van der Waals surface area contributed by atoms with Crippen molar-refractivity contribution in [2.75, 3.05) is 6.54 Å². The number of allylic oxidation sites excluding steroid dienone is 4. The molecule has 1 amide bonds. The first-order chi connectivity index (χ1) is 13.7. The van der Waals surface area contributed by atoms with Gasteiger partial charge in [0.25, 0.3) is 0 Å². The fourth-order valence-electron chi connectivity index (χ4n) is 3.01. The Balaban J connectivity index is 3.25. The Labute approximate surface area is 172 Å². The van der Waals surface area contributed by atoms with E-state index < -0.39 is 5.97 Å². The fourth-order valence-corrected chi connectivity index (χ4v) is 3.01. The number of unbranched alkanes of at least 4 members (excludes halogenated alkanes) is 10. The molecule has 0 radical (unpaired) electrons. The summed E-state index contributed by atoms with van der Waals surface area (Å²) in [5, 5.41) is 11.3. The SMILES string of the molecule is CCCCC/C=C\C/C=C\CCCCCCCCCC(=O)NCCCC(=O)O. The molecule has 0 heterocycles. The third kappa shape index (κ3) is 22.5. The van der Waals surface area contributed by atoms with Crippen molar-refractivity contribution < 1.29 is 14.7 Å². The third-order valence-electron chi connectivity index (χ3n) is 4.74. The van der Waals surface area contributed by atoms with Gasteiger partial charge >= 0.3 is 5.97 Å². The number of hydrogen-bond donors (Lipinski definition) is 2. The van der Waals surface area contributed by atoms with Gasteiger partial charge in [0.05, 0.1) is 0 Å². The smallest absolute Gasteiger partial charge is 0.303 e. The normalized spacial score (nSPS) is 11.5. The molecule has 0 fully saturated rings. The summed E-state index contributed by atoms with van der Waals surface area (Å²) in [6.07, 6.45) is 26.1. The summed E-state index contributed by atoms with van der Waals surface area (Å²) < 4.78 is 0. The van der Waals surface area contributed by atoms with E-state index in [1.54, 1.807) is 0 Å². The first-order valence-corrected chi connectivity index (χ1v) is 11.4. The molecule has 0 saturated carbocycles. The number of hydrogen-bond acceptors (Lipinski definition) is 2. The molecule has 0 spiro atoms. The molecule has 0 aromatic carbocycles. The van der Waals surface area contributed by atoms with Crippen LogP contribution in [-0.2, 0) is 9.59 Å². The van der Waals surface area contributed by atoms with E-state index in [9.17, 15) is 9.59 Å². The van der Waals surface area contributed by atoms with Gasteiger partial charge in [0.2, 0.25) is 5.91 Å². The third-order valence-corrected chi connectivity index (χ3v) is 4.74. The van der Waals surface area contributed by atoms with Gasteiger partial charge in [0.1, 0.15) is 0 Å². The van der Waals surface area contributed by atoms with Gasteiger partial charge in [-0.15, -0.1) is 0 Å². The van der Waals surface area contributed by atoms with Crippen molar-refractivity contribution in [3.8, 4) is 0 Å². The molecule has 4 nitrogen and oxygen atoms in total. The molecule has 4 heteroatoms. The lowest BCUT2D eigenvalue weighted by Gasteiger charge is -2.04. The van der Waals surface area contributed by atoms with Crippen LogP contribution in [0.2, 0.25) is 0 Å². The monoisotopic (exact) mass is 393 g/mol. The van der Waals surface area contributed by atoms with Gasteiger partial charge < -0.3 is 10.4 Å². The van der Waals surface area contributed by atoms with Gasteiger partial charge in [-0.2, -0.15) is 0 Å². The number of carbonyl (C=O) groups is 2. The number of carboxylic acid groups (broad SMARTS) is 1. The molecule has 0 unspecified atom stereocenters. The second kappa shape index (κ2) is 21.7. The molecular weight excluding hydrogens is 350 g/mol. The van der Waals surface area contributed by atoms with Crippen molar-refractivity contribution in [2.45, 2.75) is 110 Å². The Morgan fingerprint density at radius 3 is 1.89 bits per heavy atom. The van der Waals surface area contributed by atoms with E-state index in [2.05, 4.69) is 36.5 Å². The summed E-state index contributed by atoms with van der Waals surface area (Å²) in [5.41, 5.74) is 0. The Bertz CT molecular complexity index is 430. The highest BCUT2D eigenvalue weighted by atomic mass is 16.4. The zero-order valence-electron chi connectivity index (χ0n) is 18.1. The Morgan fingerprint density at radius 2 is 1.29 bits per heavy atom. The second-order valence-electron chi connectivity index (χ2n) is 7.54. The maximum atomic E-state index is 11.6. The molecule has 0 aliphatic rings. The lowest BCUT2D eigenvalue weighted by atomic mass is 10.1. The van der Waals surface area contributed by atoms with E-state index in [0.29, 0.717) is 19.4 Å². The minimum absolute atomic E-state index is 0.0491. The minimum atomic E-state index is -0.810. The molecule has 0 saturated heterocycles. The van der Waals surface area contributed by atoms with Crippen LogP contribution in [0.15, 0.2) is 24.3 Å². The van der Waals surface area contributed by atoms with Gasteiger partial charge in [-0.05, 0) is 44.9 Å². The van der Waals surface area contributed by atoms with Crippen LogP contribution in [0.4, 0.5) is 0 Å². The highest BCUT2D eigenvalue weighted by Gasteiger charge is 2.01. The predicted molar refractivity (Wildman–Crippen MR) is 118 cm³/mol. The molecule has 0 rings (SSSR count). The van der Waals surface area contributed by atoms with Crippen LogP contribution in [0, 0.1) is 0 Å². The summed E-state index contributed by atoms with van der Waals surface area (Å²) in [6, 6.07) is 0. The van der Waals surface area contributed by atoms with E-state index >= 15 is 0 Å². The first-order valence-electron chi connectivity index (χ1n) is 11.4. The van der Waals surface area contributed by atoms with Crippen molar-refractivity contribution in [1.82, 2.24) is 5.32 Å². The van der Waals surface area contributed by atoms with Crippen LogP contribution in [-0.4, -0.2) is 23.5 Å².